The number of hydrogen-bond acceptors (Lipinski definition) is 0. The van der Waals surface area contributed by atoms with Crippen LogP contribution in [-0.4, -0.2) is 0 Å². The maximum atomic E-state index is 2.75. The van der Waals surface area contributed by atoms with E-state index in [1.54, 1.807) is 19.3 Å². The van der Waals surface area contributed by atoms with Gasteiger partial charge in [-0.25, -0.2) is 0 Å². The van der Waals surface area contributed by atoms with Crippen LogP contribution in [0.1, 0.15) is 32.6 Å². The van der Waals surface area contributed by atoms with E-state index in [4.69, 9.17) is 0 Å². The molecule has 4 aliphatic carbocycles. The second-order valence-corrected chi connectivity index (χ2v) is 6.13. The Labute approximate surface area is 81.1 Å². The quantitative estimate of drug-likeness (QED) is 0.259. The van der Waals surface area contributed by atoms with Crippen molar-refractivity contribution in [2.45, 2.75) is 32.6 Å². The van der Waals surface area contributed by atoms with Crippen LogP contribution in [0.3, 0.4) is 0 Å². The average molecular weight is 1240 g/mol. The van der Waals surface area contributed by atoms with Crippen LogP contribution < -0.4 is 0 Å². The first-order valence-corrected chi connectivity index (χ1v) is 6.19. The Balaban J connectivity index is 0.000000640. The summed E-state index contributed by atoms with van der Waals surface area (Å²) in [7, 11) is 0. The summed E-state index contributed by atoms with van der Waals surface area (Å²) in [5, 5.41) is 0. The molecular weight excluding hydrogens is 1220 g/mol. The van der Waals surface area contributed by atoms with Crippen LogP contribution in [-0.2, 0) is 0 Å². The molecule has 0 aromatic rings. The van der Waals surface area contributed by atoms with Gasteiger partial charge in [0.05, 0.1) is 0 Å². The Bertz CT molecular complexity index is 258. The van der Waals surface area contributed by atoms with E-state index < -0.39 is 0 Å². The molecule has 7 unspecified atom stereocenters. The van der Waals surface area contributed by atoms with Gasteiger partial charge in [0, 0.05) is 0 Å². The van der Waals surface area contributed by atoms with Crippen LogP contribution in [0.2, 0.25) is 0 Å². The molecule has 0 spiro atoms. The molecular formula is C13H19Rf4-. The third-order valence-corrected chi connectivity index (χ3v) is 5.76. The third-order valence-electron chi connectivity index (χ3n) is 5.76. The van der Waals surface area contributed by atoms with Gasteiger partial charge in [0.2, 0.25) is 0 Å². The van der Waals surface area contributed by atoms with E-state index in [-0.39, 0.29) is 0 Å². The van der Waals surface area contributed by atoms with Gasteiger partial charge in [0.1, 0.15) is 0 Å². The molecule has 4 aliphatic rings. The minimum Gasteiger partial charge on any atom is -0.322 e. The summed E-state index contributed by atoms with van der Waals surface area (Å²) >= 11 is 0. The topological polar surface area (TPSA) is 0 Å². The van der Waals surface area contributed by atoms with Crippen molar-refractivity contribution in [2.24, 2.45) is 41.4 Å². The zero-order valence-corrected chi connectivity index (χ0v) is 36.9. The average Bonchev–Trinajstić information content (AvgIpc) is 2.78. The predicted octanol–water partition coefficient (Wildman–Crippen LogP) is 3.14. The summed E-state index contributed by atoms with van der Waals surface area (Å²) < 4.78 is 0. The number of hydrogen-bond donors (Lipinski definition) is 0. The fourth-order valence-electron chi connectivity index (χ4n) is 5.52. The van der Waals surface area contributed by atoms with Gasteiger partial charge in [-0.1, -0.05) is 31.1 Å². The Morgan fingerprint density at radius 3 is 2.06 bits per heavy atom. The summed E-state index contributed by atoms with van der Waals surface area (Å²) in [5.74, 6) is 7.78. The Hall–Kier alpha value is -4.00. The minimum absolute atomic E-state index is 0. The van der Waals surface area contributed by atoms with Gasteiger partial charge in [-0.2, -0.15) is 11.8 Å². The maximum Gasteiger partial charge on any atom is 0 e. The van der Waals surface area contributed by atoms with Gasteiger partial charge >= 0.3 is 0 Å². The largest absolute Gasteiger partial charge is 0.322 e. The molecule has 4 bridgehead atoms. The van der Waals surface area contributed by atoms with E-state index in [0.717, 1.165) is 35.5 Å². The van der Waals surface area contributed by atoms with Crippen molar-refractivity contribution < 1.29 is 0 Å². The van der Waals surface area contributed by atoms with Crippen LogP contribution in [0.5, 0.6) is 0 Å². The molecule has 0 aromatic carbocycles. The van der Waals surface area contributed by atoms with E-state index in [9.17, 15) is 0 Å². The van der Waals surface area contributed by atoms with Gasteiger partial charge in [-0.3, -0.25) is 0 Å². The second kappa shape index (κ2) is 3.00. The zero-order valence-electron chi connectivity index (χ0n) is 11.3. The van der Waals surface area contributed by atoms with Crippen molar-refractivity contribution in [1.82, 2.24) is 0 Å². The van der Waals surface area contributed by atoms with Gasteiger partial charge in [0.15, 0.2) is 0 Å². The molecule has 0 aromatic heterocycles. The van der Waals surface area contributed by atoms with E-state index in [2.05, 4.69) is 13.3 Å². The van der Waals surface area contributed by atoms with Gasteiger partial charge in [-0.05, 0) is 31.1 Å². The number of fused-ring (bicyclic) bond motifs is 9. The minimum atomic E-state index is 0. The summed E-state index contributed by atoms with van der Waals surface area (Å²) in [6.07, 6.45) is 9.06. The van der Waals surface area contributed by atoms with E-state index in [1.165, 1.54) is 12.3 Å². The van der Waals surface area contributed by atoms with E-state index in [0.29, 0.717) is 0 Å². The first-order valence-electron chi connectivity index (χ1n) is 6.19. The first-order chi connectivity index (χ1) is 6.34. The predicted molar refractivity (Wildman–Crippen MR) is 52.9 cm³/mol. The molecule has 4 fully saturated rings. The molecule has 0 aliphatic heterocycles. The fourth-order valence-corrected chi connectivity index (χ4v) is 5.52. The normalized spacial score (nSPS) is 51.7. The fraction of sp³-hybridized carbons (Fsp3) is 0.923. The molecule has 7 atom stereocenters. The van der Waals surface area contributed by atoms with Crippen LogP contribution in [0.15, 0.2) is 0 Å². The molecule has 17 heavy (non-hydrogen) atoms. The smallest absolute Gasteiger partial charge is 0 e. The zero-order chi connectivity index (χ0) is 8.58. The van der Waals surface area contributed by atoms with Crippen LogP contribution >= 0.6 is 0 Å². The van der Waals surface area contributed by atoms with Crippen molar-refractivity contribution in [3.63, 3.8) is 0 Å². The maximum absolute atomic E-state index is 2.75. The Kier molecular flexibility index (Phi) is 2.29. The van der Waals surface area contributed by atoms with Crippen molar-refractivity contribution >= 4 is 0 Å². The molecule has 0 nitrogen and oxygen atoms in total. The van der Waals surface area contributed by atoms with Gasteiger partial charge in [0.25, 0.3) is 0 Å². The van der Waals surface area contributed by atoms with Crippen molar-refractivity contribution in [1.29, 1.82) is 0 Å². The molecule has 0 radical (unpaired) electrons. The SMILES string of the molecule is CC1CC2[CH-]C1C1C3CCC(C3)C21.[Rf].[Rf].[Rf].[Rf]. The summed E-state index contributed by atoms with van der Waals surface area (Å²) in [6.45, 7) is 2.49. The van der Waals surface area contributed by atoms with Crippen molar-refractivity contribution in [2.75, 3.05) is 0 Å². The summed E-state index contributed by atoms with van der Waals surface area (Å²) in [4.78, 5) is 0. The molecule has 0 N–H and O–H groups in total. The first kappa shape index (κ1) is 13.0. The standard InChI is InChI=1S/C13H19.4Rf/c1-7-4-10-6-11(7)13-9-3-2-8(5-9)12(10)13;;;;/h6-13H,2-5H2,1H3;;;;/q-1;;;;. The second-order valence-electron chi connectivity index (χ2n) is 6.13. The van der Waals surface area contributed by atoms with E-state index >= 15 is 0 Å². The third kappa shape index (κ3) is 0.877. The van der Waals surface area contributed by atoms with E-state index in [1.807, 2.05) is 0 Å². The molecule has 4 rings (SSSR count). The van der Waals surface area contributed by atoms with Gasteiger partial charge in [-0.15, -0.1) is 0 Å². The molecule has 0 heterocycles. The Morgan fingerprint density at radius 2 is 1.41 bits per heavy atom. The monoisotopic (exact) mass is 1240 g/mol. The van der Waals surface area contributed by atoms with Gasteiger partial charge < -0.3 is 6.42 Å². The molecule has 4 heteroatoms. The molecule has 0 saturated heterocycles. The van der Waals surface area contributed by atoms with Crippen LogP contribution in [0, 0.1) is 47.8 Å². The van der Waals surface area contributed by atoms with Crippen LogP contribution in [0.4, 0.5) is 0 Å². The summed E-state index contributed by atoms with van der Waals surface area (Å²) in [6, 6.07) is 0. The van der Waals surface area contributed by atoms with Crippen molar-refractivity contribution in [3.8, 4) is 0 Å². The molecule has 0 amide bonds. The summed E-state index contributed by atoms with van der Waals surface area (Å²) in [5.41, 5.74) is 0. The number of rotatable bonds is 0. The molecule has 80 valence electrons. The Morgan fingerprint density at radius 1 is 0.824 bits per heavy atom. The molecule has 4 saturated carbocycles. The van der Waals surface area contributed by atoms with Crippen LogP contribution in [0.25, 0.3) is 0 Å². The van der Waals surface area contributed by atoms with Crippen molar-refractivity contribution in [3.05, 3.63) is 6.42 Å².